The summed E-state index contributed by atoms with van der Waals surface area (Å²) >= 11 is 0. The molecule has 3 heterocycles. The van der Waals surface area contributed by atoms with Crippen LogP contribution in [0.2, 0.25) is 0 Å². The van der Waals surface area contributed by atoms with Crippen molar-refractivity contribution in [3.05, 3.63) is 65.1 Å². The van der Waals surface area contributed by atoms with Crippen LogP contribution in [0.15, 0.2) is 47.4 Å². The second-order valence-corrected chi connectivity index (χ2v) is 10.1. The number of ether oxygens (including phenoxy) is 1. The highest BCUT2D eigenvalue weighted by Crippen LogP contribution is 2.41. The van der Waals surface area contributed by atoms with E-state index in [0.29, 0.717) is 35.9 Å². The molecule has 32 heavy (non-hydrogen) atoms. The number of fused-ring (bicyclic) bond motifs is 3. The SMILES string of the molecule is C[C@H]1COCCN1Cc1ccc(-n2nc(C=O)c3c2-c2cccc(F)c2S(=O)(=O)C3)cc1. The average Bonchev–Trinajstić information content (AvgIpc) is 3.13. The van der Waals surface area contributed by atoms with Crippen molar-refractivity contribution in [3.63, 3.8) is 0 Å². The molecule has 5 rings (SSSR count). The molecular formula is C23H22FN3O4S. The number of morpholine rings is 1. The molecule has 0 saturated carbocycles. The lowest BCUT2D eigenvalue weighted by Crippen LogP contribution is -2.42. The number of sulfone groups is 1. The van der Waals surface area contributed by atoms with Gasteiger partial charge in [-0.15, -0.1) is 0 Å². The number of nitrogens with zero attached hydrogens (tertiary/aromatic N) is 3. The maximum absolute atomic E-state index is 14.5. The highest BCUT2D eigenvalue weighted by Gasteiger charge is 2.36. The zero-order valence-electron chi connectivity index (χ0n) is 17.5. The number of aromatic nitrogens is 2. The third-order valence-electron chi connectivity index (χ3n) is 6.07. The van der Waals surface area contributed by atoms with E-state index in [4.69, 9.17) is 4.74 Å². The Morgan fingerprint density at radius 1 is 1.22 bits per heavy atom. The fourth-order valence-electron chi connectivity index (χ4n) is 4.41. The summed E-state index contributed by atoms with van der Waals surface area (Å²) in [5, 5.41) is 4.37. The minimum atomic E-state index is -3.92. The van der Waals surface area contributed by atoms with Crippen molar-refractivity contribution < 1.29 is 22.3 Å². The molecule has 1 atom stereocenters. The fourth-order valence-corrected chi connectivity index (χ4v) is 6.09. The van der Waals surface area contributed by atoms with Gasteiger partial charge in [-0.05, 0) is 30.7 Å². The van der Waals surface area contributed by atoms with E-state index in [1.54, 1.807) is 6.07 Å². The van der Waals surface area contributed by atoms with Crippen LogP contribution >= 0.6 is 0 Å². The molecule has 3 aromatic rings. The Kier molecular flexibility index (Phi) is 5.19. The molecule has 2 aliphatic heterocycles. The van der Waals surface area contributed by atoms with Gasteiger partial charge in [0.1, 0.15) is 16.4 Å². The highest BCUT2D eigenvalue weighted by atomic mass is 32.2. The molecule has 7 nitrogen and oxygen atoms in total. The van der Waals surface area contributed by atoms with E-state index < -0.39 is 21.4 Å². The van der Waals surface area contributed by atoms with Crippen molar-refractivity contribution in [2.45, 2.75) is 30.2 Å². The van der Waals surface area contributed by atoms with Crippen LogP contribution in [-0.2, 0) is 26.9 Å². The van der Waals surface area contributed by atoms with Crippen LogP contribution in [-0.4, -0.2) is 55.2 Å². The van der Waals surface area contributed by atoms with Crippen molar-refractivity contribution in [2.24, 2.45) is 0 Å². The molecule has 1 saturated heterocycles. The first kappa shape index (κ1) is 21.0. The summed E-state index contributed by atoms with van der Waals surface area (Å²) < 4.78 is 47.0. The summed E-state index contributed by atoms with van der Waals surface area (Å²) in [5.41, 5.74) is 2.79. The number of aldehydes is 1. The Labute approximate surface area is 185 Å². The molecule has 2 aliphatic rings. The lowest BCUT2D eigenvalue weighted by atomic mass is 10.1. The smallest absolute Gasteiger partial charge is 0.186 e. The maximum atomic E-state index is 14.5. The van der Waals surface area contributed by atoms with E-state index in [0.717, 1.165) is 31.3 Å². The predicted octanol–water partition coefficient (Wildman–Crippen LogP) is 3.00. The number of carbonyl (C=O) groups excluding carboxylic acids is 1. The van der Waals surface area contributed by atoms with Gasteiger partial charge < -0.3 is 4.74 Å². The van der Waals surface area contributed by atoms with Crippen LogP contribution in [0.4, 0.5) is 4.39 Å². The third kappa shape index (κ3) is 3.46. The zero-order valence-corrected chi connectivity index (χ0v) is 18.3. The van der Waals surface area contributed by atoms with Gasteiger partial charge >= 0.3 is 0 Å². The van der Waals surface area contributed by atoms with Crippen LogP contribution in [0.5, 0.6) is 0 Å². The number of hydrogen-bond acceptors (Lipinski definition) is 6. The van der Waals surface area contributed by atoms with E-state index in [1.165, 1.54) is 10.7 Å². The van der Waals surface area contributed by atoms with Gasteiger partial charge in [0, 0.05) is 30.3 Å². The topological polar surface area (TPSA) is 81.5 Å². The van der Waals surface area contributed by atoms with Gasteiger partial charge in [-0.3, -0.25) is 9.69 Å². The van der Waals surface area contributed by atoms with Crippen LogP contribution < -0.4 is 0 Å². The molecule has 0 radical (unpaired) electrons. The van der Waals surface area contributed by atoms with Gasteiger partial charge in [0.2, 0.25) is 0 Å². The number of carbonyl (C=O) groups is 1. The number of halogens is 1. The lowest BCUT2D eigenvalue weighted by Gasteiger charge is -2.33. The normalized spacial score (nSPS) is 19.9. The molecule has 1 aromatic heterocycles. The summed E-state index contributed by atoms with van der Waals surface area (Å²) in [6.45, 7) is 5.22. The largest absolute Gasteiger partial charge is 0.379 e. The molecule has 9 heteroatoms. The van der Waals surface area contributed by atoms with E-state index in [-0.39, 0.29) is 16.2 Å². The van der Waals surface area contributed by atoms with Crippen molar-refractivity contribution in [2.75, 3.05) is 19.8 Å². The monoisotopic (exact) mass is 455 g/mol. The van der Waals surface area contributed by atoms with Crippen LogP contribution in [0.3, 0.4) is 0 Å². The first-order chi connectivity index (χ1) is 15.4. The van der Waals surface area contributed by atoms with E-state index in [9.17, 15) is 17.6 Å². The maximum Gasteiger partial charge on any atom is 0.186 e. The van der Waals surface area contributed by atoms with E-state index in [1.807, 2.05) is 24.3 Å². The van der Waals surface area contributed by atoms with Gasteiger partial charge in [-0.25, -0.2) is 17.5 Å². The summed E-state index contributed by atoms with van der Waals surface area (Å²) in [6.07, 6.45) is 0.545. The first-order valence-corrected chi connectivity index (χ1v) is 12.0. The molecule has 0 spiro atoms. The highest BCUT2D eigenvalue weighted by molar-refractivity contribution is 7.91. The van der Waals surface area contributed by atoms with E-state index in [2.05, 4.69) is 16.9 Å². The Balaban J connectivity index is 1.56. The lowest BCUT2D eigenvalue weighted by molar-refractivity contribution is -0.00436. The first-order valence-electron chi connectivity index (χ1n) is 10.4. The van der Waals surface area contributed by atoms with Crippen LogP contribution in [0.25, 0.3) is 16.9 Å². The third-order valence-corrected chi connectivity index (χ3v) is 7.77. The summed E-state index contributed by atoms with van der Waals surface area (Å²) in [6, 6.07) is 12.2. The van der Waals surface area contributed by atoms with Gasteiger partial charge in [-0.2, -0.15) is 5.10 Å². The standard InChI is InChI=1S/C23H22FN3O4S/c1-15-13-31-10-9-26(15)11-16-5-7-17(8-6-16)27-22-18-3-2-4-20(24)23(18)32(29,30)14-19(22)21(12-28)25-27/h2-8,12,15H,9-11,13-14H2,1H3/t15-/m0/s1. The van der Waals surface area contributed by atoms with E-state index >= 15 is 0 Å². The summed E-state index contributed by atoms with van der Waals surface area (Å²) in [7, 11) is -3.92. The van der Waals surface area contributed by atoms with Gasteiger partial charge in [-0.1, -0.05) is 24.3 Å². The van der Waals surface area contributed by atoms with Crippen molar-refractivity contribution in [1.29, 1.82) is 0 Å². The number of hydrogen-bond donors (Lipinski definition) is 0. The van der Waals surface area contributed by atoms with Gasteiger partial charge in [0.15, 0.2) is 16.1 Å². The minimum Gasteiger partial charge on any atom is -0.379 e. The van der Waals surface area contributed by atoms with Crippen LogP contribution in [0, 0.1) is 5.82 Å². The number of benzene rings is 2. The van der Waals surface area contributed by atoms with Gasteiger partial charge in [0.05, 0.1) is 30.3 Å². The minimum absolute atomic E-state index is 0.0460. The molecule has 0 unspecified atom stereocenters. The zero-order chi connectivity index (χ0) is 22.5. The van der Waals surface area contributed by atoms with Crippen molar-refractivity contribution >= 4 is 16.1 Å². The average molecular weight is 456 g/mol. The predicted molar refractivity (Wildman–Crippen MR) is 116 cm³/mol. The molecule has 0 aliphatic carbocycles. The molecule has 0 bridgehead atoms. The Morgan fingerprint density at radius 2 is 2.00 bits per heavy atom. The summed E-state index contributed by atoms with van der Waals surface area (Å²) in [4.78, 5) is 13.7. The second kappa shape index (κ2) is 7.91. The molecule has 166 valence electrons. The number of rotatable bonds is 4. The second-order valence-electron chi connectivity index (χ2n) is 8.18. The Morgan fingerprint density at radius 3 is 2.72 bits per heavy atom. The molecule has 0 N–H and O–H groups in total. The van der Waals surface area contributed by atoms with Crippen LogP contribution in [0.1, 0.15) is 28.5 Å². The quantitative estimate of drug-likeness (QED) is 0.563. The molecule has 0 amide bonds. The molecule has 1 fully saturated rings. The van der Waals surface area contributed by atoms with Gasteiger partial charge in [0.25, 0.3) is 0 Å². The Hall–Kier alpha value is -2.88. The van der Waals surface area contributed by atoms with Crippen molar-refractivity contribution in [1.82, 2.24) is 14.7 Å². The fraction of sp³-hybridized carbons (Fsp3) is 0.304. The Bertz CT molecular complexity index is 1300. The molecular weight excluding hydrogens is 433 g/mol. The summed E-state index contributed by atoms with van der Waals surface area (Å²) in [5.74, 6) is -1.26. The molecule has 2 aromatic carbocycles. The van der Waals surface area contributed by atoms with Crippen molar-refractivity contribution in [3.8, 4) is 16.9 Å².